The standard InChI is InChI=1S/C17H20Cl3N3O/c18-8-16(9-19)6-5-14(7-13-1-3-15(20)4-2-13)17(16,24)10-23-12-21-11-22-23/h1-4,11-12,14,24H,5-10H2/t14-,17+/m1/s1. The molecule has 2 atom stereocenters. The number of aliphatic hydroxyl groups is 1. The van der Waals surface area contributed by atoms with Gasteiger partial charge in [0.2, 0.25) is 0 Å². The molecule has 1 aromatic heterocycles. The van der Waals surface area contributed by atoms with Crippen molar-refractivity contribution in [3.63, 3.8) is 0 Å². The Morgan fingerprint density at radius 2 is 1.92 bits per heavy atom. The van der Waals surface area contributed by atoms with Gasteiger partial charge in [0.1, 0.15) is 12.7 Å². The van der Waals surface area contributed by atoms with Crippen LogP contribution in [0.15, 0.2) is 36.9 Å². The molecular formula is C17H20Cl3N3O. The quantitative estimate of drug-likeness (QED) is 0.766. The predicted octanol–water partition coefficient (Wildman–Crippen LogP) is 3.78. The highest BCUT2D eigenvalue weighted by Gasteiger charge is 2.58. The van der Waals surface area contributed by atoms with Gasteiger partial charge in [-0.3, -0.25) is 4.68 Å². The highest BCUT2D eigenvalue weighted by Crippen LogP contribution is 2.53. The van der Waals surface area contributed by atoms with Crippen LogP contribution in [0.4, 0.5) is 0 Å². The molecule has 1 aliphatic rings. The Labute approximate surface area is 156 Å². The molecular weight excluding hydrogens is 369 g/mol. The van der Waals surface area contributed by atoms with Crippen LogP contribution in [0, 0.1) is 11.3 Å². The maximum atomic E-state index is 11.7. The molecule has 3 rings (SSSR count). The van der Waals surface area contributed by atoms with E-state index in [1.54, 1.807) is 11.0 Å². The van der Waals surface area contributed by atoms with E-state index in [9.17, 15) is 5.11 Å². The van der Waals surface area contributed by atoms with Crippen LogP contribution >= 0.6 is 34.8 Å². The monoisotopic (exact) mass is 387 g/mol. The van der Waals surface area contributed by atoms with Crippen molar-refractivity contribution in [1.29, 1.82) is 0 Å². The van der Waals surface area contributed by atoms with Crippen LogP contribution in [0.25, 0.3) is 0 Å². The minimum absolute atomic E-state index is 0.0420. The topological polar surface area (TPSA) is 50.9 Å². The average Bonchev–Trinajstić information content (AvgIpc) is 3.17. The molecule has 0 aliphatic heterocycles. The smallest absolute Gasteiger partial charge is 0.137 e. The largest absolute Gasteiger partial charge is 0.387 e. The summed E-state index contributed by atoms with van der Waals surface area (Å²) in [6, 6.07) is 7.75. The lowest BCUT2D eigenvalue weighted by Crippen LogP contribution is -2.54. The molecule has 0 bridgehead atoms. The molecule has 4 nitrogen and oxygen atoms in total. The summed E-state index contributed by atoms with van der Waals surface area (Å²) in [7, 11) is 0. The third-order valence-electron chi connectivity index (χ3n) is 5.34. The fourth-order valence-corrected chi connectivity index (χ4v) is 4.92. The molecule has 1 N–H and O–H groups in total. The first-order valence-corrected chi connectivity index (χ1v) is 9.39. The van der Waals surface area contributed by atoms with Crippen LogP contribution in [0.2, 0.25) is 5.02 Å². The van der Waals surface area contributed by atoms with Crippen molar-refractivity contribution in [1.82, 2.24) is 14.8 Å². The molecule has 1 fully saturated rings. The lowest BCUT2D eigenvalue weighted by molar-refractivity contribution is -0.0875. The third kappa shape index (κ3) is 3.17. The van der Waals surface area contributed by atoms with Gasteiger partial charge in [-0.15, -0.1) is 23.2 Å². The van der Waals surface area contributed by atoms with E-state index in [0.29, 0.717) is 23.3 Å². The summed E-state index contributed by atoms with van der Waals surface area (Å²) in [5.41, 5.74) is -0.426. The Morgan fingerprint density at radius 3 is 2.50 bits per heavy atom. The van der Waals surface area contributed by atoms with Crippen LogP contribution in [0.1, 0.15) is 18.4 Å². The van der Waals surface area contributed by atoms with Crippen molar-refractivity contribution in [2.75, 3.05) is 11.8 Å². The van der Waals surface area contributed by atoms with E-state index in [2.05, 4.69) is 10.1 Å². The zero-order valence-electron chi connectivity index (χ0n) is 13.2. The fourth-order valence-electron chi connectivity index (χ4n) is 3.77. The van der Waals surface area contributed by atoms with Crippen molar-refractivity contribution in [3.05, 3.63) is 47.5 Å². The Bertz CT molecular complexity index is 658. The molecule has 2 aromatic rings. The zero-order chi connectivity index (χ0) is 17.2. The van der Waals surface area contributed by atoms with Gasteiger partial charge in [0.05, 0.1) is 12.1 Å². The number of rotatable bonds is 6. The summed E-state index contributed by atoms with van der Waals surface area (Å²) in [5.74, 6) is 0.679. The zero-order valence-corrected chi connectivity index (χ0v) is 15.5. The number of alkyl halides is 2. The van der Waals surface area contributed by atoms with Gasteiger partial charge in [0, 0.05) is 22.2 Å². The Hall–Kier alpha value is -0.810. The van der Waals surface area contributed by atoms with Gasteiger partial charge < -0.3 is 5.11 Å². The Kier molecular flexibility index (Phi) is 5.40. The molecule has 130 valence electrons. The predicted molar refractivity (Wildman–Crippen MR) is 96.7 cm³/mol. The van der Waals surface area contributed by atoms with Crippen LogP contribution in [0.3, 0.4) is 0 Å². The van der Waals surface area contributed by atoms with E-state index in [4.69, 9.17) is 34.8 Å². The van der Waals surface area contributed by atoms with Crippen LogP contribution in [0.5, 0.6) is 0 Å². The van der Waals surface area contributed by atoms with Crippen LogP contribution in [-0.2, 0) is 13.0 Å². The molecule has 0 amide bonds. The molecule has 0 radical (unpaired) electrons. The second kappa shape index (κ2) is 7.20. The molecule has 1 heterocycles. The van der Waals surface area contributed by atoms with Crippen molar-refractivity contribution in [3.8, 4) is 0 Å². The van der Waals surface area contributed by atoms with Gasteiger partial charge in [0.25, 0.3) is 0 Å². The maximum Gasteiger partial charge on any atom is 0.137 e. The Morgan fingerprint density at radius 1 is 1.21 bits per heavy atom. The fraction of sp³-hybridized carbons (Fsp3) is 0.529. The molecule has 1 aliphatic carbocycles. The van der Waals surface area contributed by atoms with E-state index in [-0.39, 0.29) is 5.92 Å². The number of halogens is 3. The van der Waals surface area contributed by atoms with Gasteiger partial charge in [0.15, 0.2) is 0 Å². The lowest BCUT2D eigenvalue weighted by Gasteiger charge is -2.43. The van der Waals surface area contributed by atoms with Crippen molar-refractivity contribution in [2.24, 2.45) is 11.3 Å². The molecule has 1 aromatic carbocycles. The highest BCUT2D eigenvalue weighted by molar-refractivity contribution is 6.30. The summed E-state index contributed by atoms with van der Waals surface area (Å²) in [4.78, 5) is 3.97. The number of hydrogen-bond donors (Lipinski definition) is 1. The number of nitrogens with zero attached hydrogens (tertiary/aromatic N) is 3. The molecule has 0 spiro atoms. The first kappa shape index (κ1) is 18.0. The third-order valence-corrected chi connectivity index (χ3v) is 6.62. The summed E-state index contributed by atoms with van der Waals surface area (Å²) in [6.45, 7) is 0.338. The first-order chi connectivity index (χ1) is 11.5. The van der Waals surface area contributed by atoms with E-state index in [0.717, 1.165) is 24.8 Å². The lowest BCUT2D eigenvalue weighted by atomic mass is 9.72. The first-order valence-electron chi connectivity index (χ1n) is 7.94. The molecule has 7 heteroatoms. The van der Waals surface area contributed by atoms with Gasteiger partial charge in [-0.05, 0) is 42.9 Å². The molecule has 0 unspecified atom stereocenters. The number of benzene rings is 1. The summed E-state index contributed by atoms with van der Waals surface area (Å²) >= 11 is 18.5. The highest BCUT2D eigenvalue weighted by atomic mass is 35.5. The van der Waals surface area contributed by atoms with Crippen molar-refractivity contribution in [2.45, 2.75) is 31.4 Å². The second-order valence-corrected chi connectivity index (χ2v) is 7.60. The molecule has 0 saturated heterocycles. The van der Waals surface area contributed by atoms with Gasteiger partial charge >= 0.3 is 0 Å². The average molecular weight is 389 g/mol. The molecule has 24 heavy (non-hydrogen) atoms. The van der Waals surface area contributed by atoms with Crippen LogP contribution in [-0.4, -0.2) is 37.2 Å². The summed E-state index contributed by atoms with van der Waals surface area (Å²) < 4.78 is 1.66. The van der Waals surface area contributed by atoms with Gasteiger partial charge in [-0.25, -0.2) is 4.98 Å². The van der Waals surface area contributed by atoms with Gasteiger partial charge in [-0.2, -0.15) is 5.10 Å². The normalized spacial score (nSPS) is 25.9. The van der Waals surface area contributed by atoms with E-state index >= 15 is 0 Å². The minimum atomic E-state index is -1.04. The van der Waals surface area contributed by atoms with Crippen molar-refractivity contribution < 1.29 is 5.11 Å². The Balaban J connectivity index is 1.90. The summed E-state index contributed by atoms with van der Waals surface area (Å²) in [5, 5.41) is 16.5. The van der Waals surface area contributed by atoms with E-state index in [1.165, 1.54) is 6.33 Å². The number of aromatic nitrogens is 3. The minimum Gasteiger partial charge on any atom is -0.387 e. The van der Waals surface area contributed by atoms with E-state index < -0.39 is 11.0 Å². The van der Waals surface area contributed by atoms with Crippen molar-refractivity contribution >= 4 is 34.8 Å². The van der Waals surface area contributed by atoms with Gasteiger partial charge in [-0.1, -0.05) is 23.7 Å². The van der Waals surface area contributed by atoms with Crippen LogP contribution < -0.4 is 0 Å². The molecule has 1 saturated carbocycles. The number of hydrogen-bond acceptors (Lipinski definition) is 3. The summed E-state index contributed by atoms with van der Waals surface area (Å²) in [6.07, 6.45) is 5.49. The van der Waals surface area contributed by atoms with E-state index in [1.807, 2.05) is 24.3 Å². The maximum absolute atomic E-state index is 11.7. The second-order valence-electron chi connectivity index (χ2n) is 6.63. The SMILES string of the molecule is O[C@@]1(Cn2cncn2)[C@@H](Cc2ccc(Cl)cc2)CCC1(CCl)CCl.